The number of nitrogens with zero attached hydrogens (tertiary/aromatic N) is 2. The first-order valence-corrected chi connectivity index (χ1v) is 8.84. The van der Waals surface area contributed by atoms with Gasteiger partial charge in [-0.2, -0.15) is 0 Å². The Hall–Kier alpha value is -2.33. The van der Waals surface area contributed by atoms with Gasteiger partial charge in [-0.1, -0.05) is 31.0 Å². The second-order valence-corrected chi connectivity index (χ2v) is 6.89. The number of pyridine rings is 1. The van der Waals surface area contributed by atoms with Gasteiger partial charge in [0, 0.05) is 6.20 Å². The van der Waals surface area contributed by atoms with Crippen LogP contribution in [0.5, 0.6) is 0 Å². The molecule has 0 bridgehead atoms. The van der Waals surface area contributed by atoms with Crippen molar-refractivity contribution < 1.29 is 4.79 Å². The highest BCUT2D eigenvalue weighted by atomic mass is 35.5. The molecule has 1 amide bonds. The van der Waals surface area contributed by atoms with Crippen LogP contribution in [0, 0.1) is 20.8 Å². The second kappa shape index (κ2) is 6.89. The van der Waals surface area contributed by atoms with Gasteiger partial charge in [0.1, 0.15) is 11.3 Å². The van der Waals surface area contributed by atoms with E-state index in [4.69, 9.17) is 11.6 Å². The van der Waals surface area contributed by atoms with Crippen LogP contribution in [0.4, 0.5) is 5.69 Å². The van der Waals surface area contributed by atoms with E-state index >= 15 is 0 Å². The predicted octanol–water partition coefficient (Wildman–Crippen LogP) is 5.12. The minimum atomic E-state index is -0.186. The van der Waals surface area contributed by atoms with Crippen molar-refractivity contribution in [2.45, 2.75) is 40.5 Å². The Morgan fingerprint density at radius 1 is 1.20 bits per heavy atom. The number of anilines is 1. The molecule has 4 nitrogen and oxygen atoms in total. The number of fused-ring (bicyclic) bond motifs is 1. The summed E-state index contributed by atoms with van der Waals surface area (Å²) in [5.74, 6) is -0.186. The number of aryl methyl sites for hydroxylation is 4. The van der Waals surface area contributed by atoms with Gasteiger partial charge in [0.15, 0.2) is 0 Å². The number of benzene rings is 1. The summed E-state index contributed by atoms with van der Waals surface area (Å²) in [6.07, 6.45) is 3.58. The summed E-state index contributed by atoms with van der Waals surface area (Å²) in [6.45, 7) is 8.03. The SMILES string of the molecule is CCCc1nc2cc(C)ccn2c1C(=O)Nc1c(C)cc(C)cc1Cl. The number of carbonyl (C=O) groups is 1. The first kappa shape index (κ1) is 17.5. The Labute approximate surface area is 152 Å². The molecule has 130 valence electrons. The number of hydrogen-bond acceptors (Lipinski definition) is 2. The molecule has 0 aliphatic carbocycles. The van der Waals surface area contributed by atoms with Crippen LogP contribution in [-0.4, -0.2) is 15.3 Å². The zero-order valence-corrected chi connectivity index (χ0v) is 15.7. The molecule has 0 unspecified atom stereocenters. The molecule has 25 heavy (non-hydrogen) atoms. The van der Waals surface area contributed by atoms with Crippen LogP contribution in [0.15, 0.2) is 30.5 Å². The first-order valence-electron chi connectivity index (χ1n) is 8.46. The van der Waals surface area contributed by atoms with Crippen molar-refractivity contribution in [3.63, 3.8) is 0 Å². The molecule has 1 N–H and O–H groups in total. The lowest BCUT2D eigenvalue weighted by atomic mass is 10.1. The third kappa shape index (κ3) is 3.40. The normalized spacial score (nSPS) is 11.1. The molecule has 0 fully saturated rings. The summed E-state index contributed by atoms with van der Waals surface area (Å²) in [4.78, 5) is 17.7. The largest absolute Gasteiger partial charge is 0.319 e. The summed E-state index contributed by atoms with van der Waals surface area (Å²) < 4.78 is 1.85. The van der Waals surface area contributed by atoms with E-state index < -0.39 is 0 Å². The molecule has 2 heterocycles. The van der Waals surface area contributed by atoms with Crippen molar-refractivity contribution in [3.05, 3.63) is 63.6 Å². The van der Waals surface area contributed by atoms with E-state index in [9.17, 15) is 4.79 Å². The summed E-state index contributed by atoms with van der Waals surface area (Å²) in [5.41, 5.74) is 5.96. The van der Waals surface area contributed by atoms with Crippen molar-refractivity contribution in [2.24, 2.45) is 0 Å². The molecule has 1 aromatic carbocycles. The minimum Gasteiger partial charge on any atom is -0.319 e. The van der Waals surface area contributed by atoms with Crippen LogP contribution in [0.3, 0.4) is 0 Å². The van der Waals surface area contributed by atoms with Crippen LogP contribution in [0.2, 0.25) is 5.02 Å². The number of rotatable bonds is 4. The molecule has 2 aromatic heterocycles. The van der Waals surface area contributed by atoms with Crippen molar-refractivity contribution in [1.82, 2.24) is 9.38 Å². The molecule has 0 aliphatic heterocycles. The number of imidazole rings is 1. The lowest BCUT2D eigenvalue weighted by Gasteiger charge is -2.12. The average Bonchev–Trinajstić information content (AvgIpc) is 2.88. The van der Waals surface area contributed by atoms with Gasteiger partial charge in [-0.15, -0.1) is 0 Å². The average molecular weight is 356 g/mol. The maximum atomic E-state index is 13.0. The molecular weight excluding hydrogens is 334 g/mol. The maximum Gasteiger partial charge on any atom is 0.274 e. The Bertz CT molecular complexity index is 936. The Balaban J connectivity index is 2.06. The highest BCUT2D eigenvalue weighted by molar-refractivity contribution is 6.34. The molecule has 0 aliphatic rings. The van der Waals surface area contributed by atoms with Crippen LogP contribution in [0.1, 0.15) is 46.2 Å². The van der Waals surface area contributed by atoms with Gasteiger partial charge in [-0.3, -0.25) is 9.20 Å². The van der Waals surface area contributed by atoms with E-state index in [1.165, 1.54) is 0 Å². The summed E-state index contributed by atoms with van der Waals surface area (Å²) in [5, 5.41) is 3.53. The number of halogens is 1. The van der Waals surface area contributed by atoms with Crippen molar-refractivity contribution >= 4 is 28.8 Å². The topological polar surface area (TPSA) is 46.4 Å². The predicted molar refractivity (Wildman–Crippen MR) is 103 cm³/mol. The van der Waals surface area contributed by atoms with Crippen LogP contribution >= 0.6 is 11.6 Å². The third-order valence-electron chi connectivity index (χ3n) is 4.23. The van der Waals surface area contributed by atoms with Gasteiger partial charge < -0.3 is 5.32 Å². The molecule has 5 heteroatoms. The van der Waals surface area contributed by atoms with E-state index in [1.54, 1.807) is 0 Å². The summed E-state index contributed by atoms with van der Waals surface area (Å²) >= 11 is 6.34. The van der Waals surface area contributed by atoms with Gasteiger partial charge in [0.2, 0.25) is 0 Å². The number of amides is 1. The first-order chi connectivity index (χ1) is 11.9. The van der Waals surface area contributed by atoms with Gasteiger partial charge in [0.25, 0.3) is 5.91 Å². The number of aromatic nitrogens is 2. The van der Waals surface area contributed by atoms with Crippen molar-refractivity contribution in [2.75, 3.05) is 5.32 Å². The maximum absolute atomic E-state index is 13.0. The van der Waals surface area contributed by atoms with E-state index in [2.05, 4.69) is 17.2 Å². The molecule has 0 radical (unpaired) electrons. The van der Waals surface area contributed by atoms with E-state index in [0.717, 1.165) is 40.9 Å². The van der Waals surface area contributed by atoms with Gasteiger partial charge in [-0.05, 0) is 62.1 Å². The molecule has 0 saturated carbocycles. The summed E-state index contributed by atoms with van der Waals surface area (Å²) in [6, 6.07) is 7.83. The van der Waals surface area contributed by atoms with E-state index in [0.29, 0.717) is 16.4 Å². The zero-order chi connectivity index (χ0) is 18.1. The molecule has 3 aromatic rings. The van der Waals surface area contributed by atoms with E-state index in [-0.39, 0.29) is 5.91 Å². The Morgan fingerprint density at radius 3 is 2.64 bits per heavy atom. The smallest absolute Gasteiger partial charge is 0.274 e. The van der Waals surface area contributed by atoms with Crippen molar-refractivity contribution in [3.8, 4) is 0 Å². The highest BCUT2D eigenvalue weighted by Crippen LogP contribution is 2.28. The number of hydrogen-bond donors (Lipinski definition) is 1. The van der Waals surface area contributed by atoms with Gasteiger partial charge in [-0.25, -0.2) is 4.98 Å². The fourth-order valence-corrected chi connectivity index (χ4v) is 3.46. The highest BCUT2D eigenvalue weighted by Gasteiger charge is 2.20. The number of carbonyl (C=O) groups excluding carboxylic acids is 1. The van der Waals surface area contributed by atoms with Crippen molar-refractivity contribution in [1.29, 1.82) is 0 Å². The van der Waals surface area contributed by atoms with Gasteiger partial charge in [0.05, 0.1) is 16.4 Å². The fourth-order valence-electron chi connectivity index (χ4n) is 3.09. The monoisotopic (exact) mass is 355 g/mol. The van der Waals surface area contributed by atoms with Gasteiger partial charge >= 0.3 is 0 Å². The Morgan fingerprint density at radius 2 is 1.96 bits per heavy atom. The summed E-state index contributed by atoms with van der Waals surface area (Å²) in [7, 11) is 0. The fraction of sp³-hybridized carbons (Fsp3) is 0.300. The van der Waals surface area contributed by atoms with Crippen LogP contribution in [0.25, 0.3) is 5.65 Å². The van der Waals surface area contributed by atoms with Crippen LogP contribution in [-0.2, 0) is 6.42 Å². The third-order valence-corrected chi connectivity index (χ3v) is 4.52. The van der Waals surface area contributed by atoms with Crippen LogP contribution < -0.4 is 5.32 Å². The number of nitrogens with one attached hydrogen (secondary N) is 1. The Kier molecular flexibility index (Phi) is 4.82. The molecule has 3 rings (SSSR count). The van der Waals surface area contributed by atoms with E-state index in [1.807, 2.05) is 55.6 Å². The molecular formula is C20H22ClN3O. The molecule has 0 saturated heterocycles. The standard InChI is InChI=1S/C20H22ClN3O/c1-5-6-16-19(24-8-7-12(2)11-17(24)22-16)20(25)23-18-14(4)9-13(3)10-15(18)21/h7-11H,5-6H2,1-4H3,(H,23,25). The minimum absolute atomic E-state index is 0.186. The zero-order valence-electron chi connectivity index (χ0n) is 15.0. The second-order valence-electron chi connectivity index (χ2n) is 6.48. The lowest BCUT2D eigenvalue weighted by Crippen LogP contribution is -2.17. The quantitative estimate of drug-likeness (QED) is 0.706. The molecule has 0 atom stereocenters. The lowest BCUT2D eigenvalue weighted by molar-refractivity contribution is 0.102. The molecule has 0 spiro atoms.